The molecule has 0 saturated heterocycles. The SMILES string of the molecule is Cc1c(-c2ccnn2-c2ccc(C#N)cc2)cn2nc(NCCC[N+](C)(C)Cc3ccccc3S(=O)(=O)[O-])nc2c1-c1cccc(C(F)(F)F)c1. The number of rotatable bonds is 11. The lowest BCUT2D eigenvalue weighted by atomic mass is 9.95. The maximum absolute atomic E-state index is 13.8. The van der Waals surface area contributed by atoms with E-state index in [4.69, 9.17) is 4.98 Å². The number of hydrogen-bond donors (Lipinski definition) is 1. The van der Waals surface area contributed by atoms with Gasteiger partial charge in [-0.3, -0.25) is 0 Å². The molecule has 1 N–H and O–H groups in total. The third kappa shape index (κ3) is 7.63. The van der Waals surface area contributed by atoms with E-state index in [-0.39, 0.29) is 10.8 Å². The summed E-state index contributed by atoms with van der Waals surface area (Å²) in [6.07, 6.45) is -0.542. The van der Waals surface area contributed by atoms with E-state index in [1.54, 1.807) is 65.6 Å². The van der Waals surface area contributed by atoms with Gasteiger partial charge in [-0.15, -0.1) is 5.10 Å². The molecule has 0 saturated carbocycles. The van der Waals surface area contributed by atoms with Crippen molar-refractivity contribution in [3.63, 3.8) is 0 Å². The van der Waals surface area contributed by atoms with E-state index in [9.17, 15) is 31.4 Å². The number of nitriles is 1. The van der Waals surface area contributed by atoms with E-state index >= 15 is 0 Å². The highest BCUT2D eigenvalue weighted by Crippen LogP contribution is 2.38. The summed E-state index contributed by atoms with van der Waals surface area (Å²) in [4.78, 5) is 4.48. The van der Waals surface area contributed by atoms with Crippen LogP contribution in [0.1, 0.15) is 28.7 Å². The Balaban J connectivity index is 1.32. The van der Waals surface area contributed by atoms with E-state index < -0.39 is 21.9 Å². The average molecular weight is 715 g/mol. The fourth-order valence-corrected chi connectivity index (χ4v) is 6.85. The van der Waals surface area contributed by atoms with Crippen molar-refractivity contribution in [3.8, 4) is 34.1 Å². The Labute approximate surface area is 292 Å². The van der Waals surface area contributed by atoms with Crippen LogP contribution in [0.3, 0.4) is 0 Å². The number of anilines is 1. The molecule has 0 fully saturated rings. The van der Waals surface area contributed by atoms with E-state index in [1.807, 2.05) is 21.0 Å². The molecule has 0 unspecified atom stereocenters. The molecule has 0 bridgehead atoms. The minimum absolute atomic E-state index is 0.227. The predicted octanol–water partition coefficient (Wildman–Crippen LogP) is 6.43. The first-order valence-electron chi connectivity index (χ1n) is 15.9. The number of alkyl halides is 3. The van der Waals surface area contributed by atoms with Crippen LogP contribution < -0.4 is 5.32 Å². The van der Waals surface area contributed by atoms with Crippen LogP contribution >= 0.6 is 0 Å². The third-order valence-corrected chi connectivity index (χ3v) is 9.52. The second kappa shape index (κ2) is 13.6. The number of nitrogens with zero attached hydrogens (tertiary/aromatic N) is 7. The summed E-state index contributed by atoms with van der Waals surface area (Å²) in [7, 11) is -0.743. The van der Waals surface area contributed by atoms with Gasteiger partial charge >= 0.3 is 6.18 Å². The monoisotopic (exact) mass is 714 g/mol. The zero-order valence-electron chi connectivity index (χ0n) is 27.9. The zero-order chi connectivity index (χ0) is 36.6. The van der Waals surface area contributed by atoms with Gasteiger partial charge in [-0.1, -0.05) is 30.3 Å². The van der Waals surface area contributed by atoms with E-state index in [0.29, 0.717) is 80.9 Å². The van der Waals surface area contributed by atoms with Gasteiger partial charge in [0.2, 0.25) is 5.95 Å². The number of benzene rings is 3. The number of hydrogen-bond acceptors (Lipinski definition) is 8. The number of pyridine rings is 1. The quantitative estimate of drug-likeness (QED) is 0.0920. The van der Waals surface area contributed by atoms with Gasteiger partial charge in [0, 0.05) is 35.9 Å². The number of fused-ring (bicyclic) bond motifs is 1. The molecule has 0 aliphatic rings. The van der Waals surface area contributed by atoms with Crippen LogP contribution in [0.15, 0.2) is 96.2 Å². The summed E-state index contributed by atoms with van der Waals surface area (Å²) >= 11 is 0. The normalized spacial score (nSPS) is 12.3. The van der Waals surface area contributed by atoms with Crippen LogP contribution in [-0.4, -0.2) is 69.0 Å². The van der Waals surface area contributed by atoms with E-state index in [0.717, 1.165) is 12.1 Å². The summed E-state index contributed by atoms with van der Waals surface area (Å²) < 4.78 is 80.4. The standard InChI is InChI=1S/C36H33F3N8O3S/c1-24-30(31-16-18-42-46(31)29-14-12-25(21-40)13-15-29)22-45-34(33(24)26-9-6-10-28(20-26)36(37,38)39)43-35(44-45)41-17-7-19-47(2,3)23-27-8-4-5-11-32(27)51(48,49)50/h4-6,8-16,18,20,22H,7,17,19,23H2,1-3H3,(H-,41,44,48,49,50). The molecule has 3 heterocycles. The summed E-state index contributed by atoms with van der Waals surface area (Å²) in [5.41, 5.74) is 3.95. The van der Waals surface area contributed by atoms with Gasteiger partial charge in [-0.2, -0.15) is 28.5 Å². The minimum Gasteiger partial charge on any atom is -0.744 e. The van der Waals surface area contributed by atoms with Crippen LogP contribution in [0.2, 0.25) is 0 Å². The highest BCUT2D eigenvalue weighted by Gasteiger charge is 2.31. The van der Waals surface area contributed by atoms with Crippen molar-refractivity contribution in [2.24, 2.45) is 0 Å². The molecule has 51 heavy (non-hydrogen) atoms. The molecule has 6 rings (SSSR count). The number of nitrogens with one attached hydrogen (secondary N) is 1. The van der Waals surface area contributed by atoms with Crippen molar-refractivity contribution in [1.82, 2.24) is 24.4 Å². The summed E-state index contributed by atoms with van der Waals surface area (Å²) in [5.74, 6) is 0.272. The number of aromatic nitrogens is 5. The van der Waals surface area contributed by atoms with Crippen molar-refractivity contribution >= 4 is 21.7 Å². The molecule has 6 aromatic rings. The first kappa shape index (κ1) is 35.3. The Kier molecular flexibility index (Phi) is 9.43. The molecule has 11 nitrogen and oxygen atoms in total. The van der Waals surface area contributed by atoms with Gasteiger partial charge in [0.1, 0.15) is 16.7 Å². The summed E-state index contributed by atoms with van der Waals surface area (Å²) in [5, 5.41) is 21.6. The van der Waals surface area contributed by atoms with Crippen LogP contribution in [0, 0.1) is 18.3 Å². The third-order valence-electron chi connectivity index (χ3n) is 8.59. The first-order chi connectivity index (χ1) is 24.1. The van der Waals surface area contributed by atoms with E-state index in [1.165, 1.54) is 22.7 Å². The Bertz CT molecular complexity index is 2380. The van der Waals surface area contributed by atoms with Crippen LogP contribution in [0.4, 0.5) is 19.1 Å². The van der Waals surface area contributed by atoms with Crippen LogP contribution in [0.25, 0.3) is 33.7 Å². The number of halogens is 3. The largest absolute Gasteiger partial charge is 0.744 e. The molecular formula is C36H33F3N8O3S. The lowest BCUT2D eigenvalue weighted by molar-refractivity contribution is -0.903. The van der Waals surface area contributed by atoms with Crippen molar-refractivity contribution in [2.45, 2.75) is 31.0 Å². The fraction of sp³-hybridized carbons (Fsp3) is 0.222. The average Bonchev–Trinajstić information content (AvgIpc) is 3.73. The highest BCUT2D eigenvalue weighted by atomic mass is 32.2. The molecule has 0 spiro atoms. The minimum atomic E-state index is -4.62. The smallest absolute Gasteiger partial charge is 0.416 e. The summed E-state index contributed by atoms with van der Waals surface area (Å²) in [6.45, 7) is 3.20. The van der Waals surface area contributed by atoms with Crippen molar-refractivity contribution < 1.29 is 30.6 Å². The van der Waals surface area contributed by atoms with Gasteiger partial charge in [0.05, 0.1) is 60.3 Å². The second-order valence-electron chi connectivity index (χ2n) is 12.8. The van der Waals surface area contributed by atoms with Crippen molar-refractivity contribution in [3.05, 3.63) is 114 Å². The molecule has 0 aliphatic carbocycles. The Morgan fingerprint density at radius 3 is 2.47 bits per heavy atom. The lowest BCUT2D eigenvalue weighted by Crippen LogP contribution is -2.40. The molecule has 0 amide bonds. The van der Waals surface area contributed by atoms with Crippen LogP contribution in [-0.2, 0) is 22.8 Å². The molecular weight excluding hydrogens is 682 g/mol. The van der Waals surface area contributed by atoms with Gasteiger partial charge in [0.25, 0.3) is 0 Å². The van der Waals surface area contributed by atoms with Gasteiger partial charge in [-0.05, 0) is 66.6 Å². The van der Waals surface area contributed by atoms with Crippen molar-refractivity contribution in [2.75, 3.05) is 32.5 Å². The zero-order valence-corrected chi connectivity index (χ0v) is 28.7. The predicted molar refractivity (Wildman–Crippen MR) is 184 cm³/mol. The molecule has 0 aliphatic heterocycles. The highest BCUT2D eigenvalue weighted by molar-refractivity contribution is 7.85. The summed E-state index contributed by atoms with van der Waals surface area (Å²) in [6, 6.07) is 22.0. The van der Waals surface area contributed by atoms with Gasteiger partial charge in [-0.25, -0.2) is 17.6 Å². The topological polar surface area (TPSA) is 141 Å². The Morgan fingerprint density at radius 1 is 1.02 bits per heavy atom. The molecule has 262 valence electrons. The number of quaternary nitrogens is 1. The maximum atomic E-state index is 13.8. The molecule has 3 aromatic heterocycles. The van der Waals surface area contributed by atoms with Gasteiger partial charge < -0.3 is 14.4 Å². The first-order valence-corrected chi connectivity index (χ1v) is 17.3. The van der Waals surface area contributed by atoms with E-state index in [2.05, 4.69) is 21.6 Å². The maximum Gasteiger partial charge on any atom is 0.416 e. The molecule has 0 radical (unpaired) electrons. The van der Waals surface area contributed by atoms with Crippen LogP contribution in [0.5, 0.6) is 0 Å². The van der Waals surface area contributed by atoms with Crippen molar-refractivity contribution in [1.29, 1.82) is 5.26 Å². The Hall–Kier alpha value is -5.56. The molecule has 15 heteroatoms. The Morgan fingerprint density at radius 2 is 1.76 bits per heavy atom. The van der Waals surface area contributed by atoms with Gasteiger partial charge in [0.15, 0.2) is 5.65 Å². The molecule has 3 aromatic carbocycles. The second-order valence-corrected chi connectivity index (χ2v) is 14.1. The molecule has 0 atom stereocenters. The fourth-order valence-electron chi connectivity index (χ4n) is 6.15. The lowest BCUT2D eigenvalue weighted by Gasteiger charge is -2.31.